The van der Waals surface area contributed by atoms with Crippen LogP contribution in [0.5, 0.6) is 0 Å². The molecule has 0 fully saturated rings. The van der Waals surface area contributed by atoms with Crippen LogP contribution in [0, 0.1) is 0 Å². The molecule has 0 atom stereocenters. The van der Waals surface area contributed by atoms with Crippen molar-refractivity contribution in [3.8, 4) is 0 Å². The first kappa shape index (κ1) is 47.9. The standard InChI is InChI=1S/5HI.Mo/h5*1H;. The zero-order valence-electron chi connectivity index (χ0n) is 2.45. The minimum Gasteiger partial charge on any atom is -0.107 e. The van der Waals surface area contributed by atoms with Gasteiger partial charge in [0.05, 0.1) is 0 Å². The van der Waals surface area contributed by atoms with Crippen LogP contribution in [0.25, 0.3) is 0 Å². The van der Waals surface area contributed by atoms with Crippen molar-refractivity contribution in [1.82, 2.24) is 0 Å². The van der Waals surface area contributed by atoms with Crippen LogP contribution < -0.4 is 0 Å². The normalized spacial score (nSPS) is 0. The van der Waals surface area contributed by atoms with E-state index in [-0.39, 0.29) is 141 Å². The van der Waals surface area contributed by atoms with Gasteiger partial charge in [-0.3, -0.25) is 0 Å². The van der Waals surface area contributed by atoms with Crippen molar-refractivity contribution < 1.29 is 21.1 Å². The van der Waals surface area contributed by atoms with E-state index in [1.807, 2.05) is 0 Å². The summed E-state index contributed by atoms with van der Waals surface area (Å²) < 4.78 is 0. The van der Waals surface area contributed by atoms with E-state index in [1.165, 1.54) is 0 Å². The molecule has 0 aliphatic carbocycles. The Balaban J connectivity index is 0. The van der Waals surface area contributed by atoms with E-state index in [9.17, 15) is 0 Å². The first-order valence-corrected chi connectivity index (χ1v) is 0. The van der Waals surface area contributed by atoms with Gasteiger partial charge in [0.1, 0.15) is 0 Å². The maximum absolute atomic E-state index is 0. The minimum atomic E-state index is 0. The van der Waals surface area contributed by atoms with E-state index in [0.717, 1.165) is 0 Å². The minimum absolute atomic E-state index is 0. The zero-order valence-corrected chi connectivity index (χ0v) is 16.1. The van der Waals surface area contributed by atoms with Crippen molar-refractivity contribution in [2.75, 3.05) is 0 Å². The van der Waals surface area contributed by atoms with E-state index in [1.54, 1.807) is 0 Å². The van der Waals surface area contributed by atoms with Gasteiger partial charge in [-0.05, 0) is 0 Å². The summed E-state index contributed by atoms with van der Waals surface area (Å²) in [6.45, 7) is 0. The van der Waals surface area contributed by atoms with Gasteiger partial charge < -0.3 is 0 Å². The molecule has 0 N–H and O–H groups in total. The maximum atomic E-state index is 0. The Morgan fingerprint density at radius 1 is 0.333 bits per heavy atom. The molecule has 0 aromatic heterocycles. The van der Waals surface area contributed by atoms with Crippen LogP contribution in [0.2, 0.25) is 0 Å². The Kier molecular flexibility index (Phi) is 275. The van der Waals surface area contributed by atoms with Crippen molar-refractivity contribution in [3.63, 3.8) is 0 Å². The van der Waals surface area contributed by atoms with Gasteiger partial charge in [-0.2, -0.15) is 0 Å². The molecule has 0 amide bonds. The first-order valence-electron chi connectivity index (χ1n) is 0. The van der Waals surface area contributed by atoms with Gasteiger partial charge in [-0.15, -0.1) is 120 Å². The Bertz CT molecular complexity index is 3.90. The van der Waals surface area contributed by atoms with E-state index < -0.39 is 0 Å². The third-order valence-corrected chi connectivity index (χ3v) is 0. The average Bonchev–Trinajstić information content (AvgIpc) is 0. The molecule has 0 nitrogen and oxygen atoms in total. The van der Waals surface area contributed by atoms with Gasteiger partial charge in [0.2, 0.25) is 0 Å². The Morgan fingerprint density at radius 3 is 0.333 bits per heavy atom. The summed E-state index contributed by atoms with van der Waals surface area (Å²) in [5.41, 5.74) is 0. The van der Waals surface area contributed by atoms with Crippen LogP contribution in [0.3, 0.4) is 0 Å². The van der Waals surface area contributed by atoms with E-state index in [0.29, 0.717) is 0 Å². The molecule has 0 aliphatic rings. The summed E-state index contributed by atoms with van der Waals surface area (Å²) in [4.78, 5) is 0. The summed E-state index contributed by atoms with van der Waals surface area (Å²) in [5, 5.41) is 0. The summed E-state index contributed by atoms with van der Waals surface area (Å²) in [5.74, 6) is 0. The van der Waals surface area contributed by atoms with E-state index in [2.05, 4.69) is 0 Å². The predicted molar refractivity (Wildman–Crippen MR) is 77.1 cm³/mol. The second kappa shape index (κ2) is 34.5. The number of halogens is 5. The molecule has 6 heavy (non-hydrogen) atoms. The largest absolute Gasteiger partial charge is 0.107 e. The van der Waals surface area contributed by atoms with Crippen molar-refractivity contribution in [1.29, 1.82) is 0 Å². The van der Waals surface area contributed by atoms with Crippen LogP contribution in [-0.2, 0) is 21.1 Å². The van der Waals surface area contributed by atoms with Crippen molar-refractivity contribution >= 4 is 120 Å². The monoisotopic (exact) mass is 737 g/mol. The van der Waals surface area contributed by atoms with E-state index >= 15 is 0 Å². The maximum Gasteiger partial charge on any atom is 0 e. The summed E-state index contributed by atoms with van der Waals surface area (Å²) in [7, 11) is 0. The number of hydrogen-bond acceptors (Lipinski definition) is 0. The topological polar surface area (TPSA) is 0 Å². The third-order valence-electron chi connectivity index (χ3n) is 0. The number of rotatable bonds is 0. The van der Waals surface area contributed by atoms with Crippen molar-refractivity contribution in [2.45, 2.75) is 0 Å². The predicted octanol–water partition coefficient (Wildman–Crippen LogP) is 3.09. The van der Waals surface area contributed by atoms with Crippen molar-refractivity contribution in [3.05, 3.63) is 0 Å². The van der Waals surface area contributed by atoms with Crippen LogP contribution in [0.1, 0.15) is 0 Å². The molecule has 0 saturated heterocycles. The fourth-order valence-electron chi connectivity index (χ4n) is 0. The SMILES string of the molecule is I.I.I.I.I.[Mo]. The molecule has 0 saturated carbocycles. The molecule has 0 aromatic carbocycles. The molecular formula is H5I5Mo. The molecule has 0 bridgehead atoms. The molecule has 0 heterocycles. The molecular weight excluding hydrogens is 730 g/mol. The fraction of sp³-hybridized carbons (Fsp3) is 0. The molecule has 0 aliphatic heterocycles. The van der Waals surface area contributed by atoms with Crippen LogP contribution in [-0.4, -0.2) is 0 Å². The van der Waals surface area contributed by atoms with Gasteiger partial charge in [-0.1, -0.05) is 0 Å². The zero-order chi connectivity index (χ0) is 0. The molecule has 0 radical (unpaired) electrons. The Morgan fingerprint density at radius 2 is 0.333 bits per heavy atom. The Hall–Kier alpha value is 4.34. The van der Waals surface area contributed by atoms with Gasteiger partial charge in [-0.25, -0.2) is 0 Å². The van der Waals surface area contributed by atoms with Crippen LogP contribution in [0.4, 0.5) is 0 Å². The summed E-state index contributed by atoms with van der Waals surface area (Å²) in [6, 6.07) is 0. The summed E-state index contributed by atoms with van der Waals surface area (Å²) >= 11 is 0. The summed E-state index contributed by atoms with van der Waals surface area (Å²) in [6.07, 6.45) is 0. The van der Waals surface area contributed by atoms with Crippen molar-refractivity contribution in [2.24, 2.45) is 0 Å². The van der Waals surface area contributed by atoms with Gasteiger partial charge in [0, 0.05) is 21.1 Å². The second-order valence-electron chi connectivity index (χ2n) is 0. The Labute approximate surface area is 137 Å². The van der Waals surface area contributed by atoms with Gasteiger partial charge in [0.15, 0.2) is 0 Å². The molecule has 0 aromatic rings. The smallest absolute Gasteiger partial charge is 0 e. The fourth-order valence-corrected chi connectivity index (χ4v) is 0. The second-order valence-corrected chi connectivity index (χ2v) is 0. The molecule has 0 spiro atoms. The van der Waals surface area contributed by atoms with Gasteiger partial charge >= 0.3 is 0 Å². The van der Waals surface area contributed by atoms with E-state index in [4.69, 9.17) is 0 Å². The number of hydrogen-bond donors (Lipinski definition) is 0. The van der Waals surface area contributed by atoms with Crippen LogP contribution >= 0.6 is 120 Å². The van der Waals surface area contributed by atoms with Gasteiger partial charge in [0.25, 0.3) is 0 Å². The third kappa shape index (κ3) is 23.9. The van der Waals surface area contributed by atoms with Crippen LogP contribution in [0.15, 0.2) is 0 Å². The average molecular weight is 736 g/mol. The quantitative estimate of drug-likeness (QED) is 0.266. The molecule has 6 heteroatoms. The molecule has 46 valence electrons. The molecule has 0 unspecified atom stereocenters. The molecule has 0 rings (SSSR count). The first-order chi connectivity index (χ1) is 0.